The van der Waals surface area contributed by atoms with E-state index < -0.39 is 0 Å². The number of unbranched alkanes of at least 4 members (excludes halogenated alkanes) is 1. The predicted molar refractivity (Wildman–Crippen MR) is 53.1 cm³/mol. The molecule has 1 heterocycles. The second-order valence-electron chi connectivity index (χ2n) is 3.34. The van der Waals surface area contributed by atoms with Crippen LogP contribution in [0, 0.1) is 0 Å². The van der Waals surface area contributed by atoms with Gasteiger partial charge in [0, 0.05) is 0 Å². The molecule has 0 radical (unpaired) electrons. The van der Waals surface area contributed by atoms with Crippen LogP contribution in [0.3, 0.4) is 0 Å². The molecule has 78 valence electrons. The molecular weight excluding hydrogens is 180 g/mol. The molecule has 3 nitrogen and oxygen atoms in total. The first-order chi connectivity index (χ1) is 6.74. The molecule has 0 aliphatic rings. The van der Waals surface area contributed by atoms with Gasteiger partial charge in [-0.3, -0.25) is 0 Å². The summed E-state index contributed by atoms with van der Waals surface area (Å²) in [6.07, 6.45) is 4.53. The zero-order valence-electron chi connectivity index (χ0n) is 8.66. The minimum Gasteiger partial charge on any atom is -0.457 e. The molecule has 0 aliphatic carbocycles. The van der Waals surface area contributed by atoms with Crippen molar-refractivity contribution in [1.29, 1.82) is 0 Å². The monoisotopic (exact) mass is 196 g/mol. The maximum absolute atomic E-state index is 11.4. The Morgan fingerprint density at radius 1 is 1.64 bits per heavy atom. The molecule has 0 aliphatic heterocycles. The van der Waals surface area contributed by atoms with Gasteiger partial charge in [-0.2, -0.15) is 0 Å². The fourth-order valence-electron chi connectivity index (χ4n) is 1.19. The number of rotatable bonds is 5. The first-order valence-corrected chi connectivity index (χ1v) is 4.98. The fourth-order valence-corrected chi connectivity index (χ4v) is 1.19. The van der Waals surface area contributed by atoms with Crippen LogP contribution in [-0.2, 0) is 4.74 Å². The van der Waals surface area contributed by atoms with Crippen molar-refractivity contribution in [3.63, 3.8) is 0 Å². The lowest BCUT2D eigenvalue weighted by atomic mass is 10.2. The molecule has 0 saturated carbocycles. The second-order valence-corrected chi connectivity index (χ2v) is 3.34. The van der Waals surface area contributed by atoms with E-state index in [-0.39, 0.29) is 17.8 Å². The number of hydrogen-bond donors (Lipinski definition) is 0. The number of esters is 1. The molecule has 0 spiro atoms. The largest absolute Gasteiger partial charge is 0.457 e. The van der Waals surface area contributed by atoms with E-state index in [0.717, 1.165) is 19.3 Å². The Hall–Kier alpha value is -1.25. The van der Waals surface area contributed by atoms with Crippen molar-refractivity contribution in [3.05, 3.63) is 24.2 Å². The lowest BCUT2D eigenvalue weighted by molar-refractivity contribution is 0.0284. The van der Waals surface area contributed by atoms with Crippen molar-refractivity contribution < 1.29 is 13.9 Å². The van der Waals surface area contributed by atoms with E-state index in [2.05, 4.69) is 6.92 Å². The molecule has 1 aromatic heterocycles. The summed E-state index contributed by atoms with van der Waals surface area (Å²) in [5, 5.41) is 0. The van der Waals surface area contributed by atoms with E-state index in [1.54, 1.807) is 12.1 Å². The summed E-state index contributed by atoms with van der Waals surface area (Å²) in [5.74, 6) is -0.105. The Labute approximate surface area is 84.1 Å². The average molecular weight is 196 g/mol. The Kier molecular flexibility index (Phi) is 4.23. The first kappa shape index (κ1) is 10.8. The van der Waals surface area contributed by atoms with E-state index in [9.17, 15) is 4.79 Å². The van der Waals surface area contributed by atoms with E-state index in [4.69, 9.17) is 9.15 Å². The van der Waals surface area contributed by atoms with Crippen molar-refractivity contribution in [2.75, 3.05) is 0 Å². The summed E-state index contributed by atoms with van der Waals surface area (Å²) in [6, 6.07) is 3.28. The van der Waals surface area contributed by atoms with Gasteiger partial charge in [0.1, 0.15) is 0 Å². The van der Waals surface area contributed by atoms with Crippen LogP contribution in [0.25, 0.3) is 0 Å². The summed E-state index contributed by atoms with van der Waals surface area (Å²) < 4.78 is 10.1. The van der Waals surface area contributed by atoms with Gasteiger partial charge in [-0.1, -0.05) is 19.8 Å². The molecule has 0 unspecified atom stereocenters. The van der Waals surface area contributed by atoms with Crippen LogP contribution >= 0.6 is 0 Å². The van der Waals surface area contributed by atoms with Crippen molar-refractivity contribution in [2.24, 2.45) is 0 Å². The summed E-state index contributed by atoms with van der Waals surface area (Å²) in [5.41, 5.74) is 0. The van der Waals surface area contributed by atoms with Crippen molar-refractivity contribution in [3.8, 4) is 0 Å². The summed E-state index contributed by atoms with van der Waals surface area (Å²) in [4.78, 5) is 11.4. The molecule has 0 aromatic carbocycles. The van der Waals surface area contributed by atoms with Gasteiger partial charge in [0.25, 0.3) is 0 Å². The lowest BCUT2D eigenvalue weighted by Gasteiger charge is -2.10. The zero-order valence-corrected chi connectivity index (χ0v) is 8.66. The van der Waals surface area contributed by atoms with Gasteiger partial charge in [0.05, 0.1) is 12.4 Å². The third kappa shape index (κ3) is 3.24. The number of carbonyl (C=O) groups excluding carboxylic acids is 1. The number of carbonyl (C=O) groups is 1. The summed E-state index contributed by atoms with van der Waals surface area (Å²) in [7, 11) is 0. The third-order valence-corrected chi connectivity index (χ3v) is 1.99. The highest BCUT2D eigenvalue weighted by molar-refractivity contribution is 5.86. The standard InChI is InChI=1S/C11H16O3/c1-3-4-6-9(2)14-11(12)10-7-5-8-13-10/h5,7-9H,3-4,6H2,1-2H3/t9-/m1/s1. The molecule has 1 rings (SSSR count). The molecule has 0 amide bonds. The van der Waals surface area contributed by atoms with Gasteiger partial charge < -0.3 is 9.15 Å². The number of hydrogen-bond acceptors (Lipinski definition) is 3. The molecule has 3 heteroatoms. The van der Waals surface area contributed by atoms with Crippen LogP contribution in [0.2, 0.25) is 0 Å². The normalized spacial score (nSPS) is 12.4. The second kappa shape index (κ2) is 5.47. The number of furan rings is 1. The van der Waals surface area contributed by atoms with E-state index in [1.807, 2.05) is 6.92 Å². The third-order valence-electron chi connectivity index (χ3n) is 1.99. The zero-order chi connectivity index (χ0) is 10.4. The maximum atomic E-state index is 11.4. The quantitative estimate of drug-likeness (QED) is 0.679. The topological polar surface area (TPSA) is 39.4 Å². The van der Waals surface area contributed by atoms with E-state index in [1.165, 1.54) is 6.26 Å². The van der Waals surface area contributed by atoms with Gasteiger partial charge in [0.2, 0.25) is 5.76 Å². The molecule has 1 aromatic rings. The van der Waals surface area contributed by atoms with Gasteiger partial charge in [-0.15, -0.1) is 0 Å². The maximum Gasteiger partial charge on any atom is 0.374 e. The van der Waals surface area contributed by atoms with Gasteiger partial charge in [-0.05, 0) is 25.5 Å². The highest BCUT2D eigenvalue weighted by Gasteiger charge is 2.13. The summed E-state index contributed by atoms with van der Waals surface area (Å²) >= 11 is 0. The molecule has 14 heavy (non-hydrogen) atoms. The molecule has 1 atom stereocenters. The highest BCUT2D eigenvalue weighted by atomic mass is 16.6. The van der Waals surface area contributed by atoms with Crippen LogP contribution in [0.5, 0.6) is 0 Å². The molecule has 0 N–H and O–H groups in total. The van der Waals surface area contributed by atoms with Crippen LogP contribution in [0.4, 0.5) is 0 Å². The summed E-state index contributed by atoms with van der Waals surface area (Å²) in [6.45, 7) is 4.01. The smallest absolute Gasteiger partial charge is 0.374 e. The first-order valence-electron chi connectivity index (χ1n) is 4.98. The minimum absolute atomic E-state index is 0.0347. The Morgan fingerprint density at radius 3 is 3.00 bits per heavy atom. The van der Waals surface area contributed by atoms with Crippen molar-refractivity contribution in [2.45, 2.75) is 39.2 Å². The average Bonchev–Trinajstić information content (AvgIpc) is 2.67. The van der Waals surface area contributed by atoms with E-state index in [0.29, 0.717) is 0 Å². The van der Waals surface area contributed by atoms with E-state index >= 15 is 0 Å². The fraction of sp³-hybridized carbons (Fsp3) is 0.545. The Bertz CT molecular complexity index is 264. The molecule has 0 saturated heterocycles. The van der Waals surface area contributed by atoms with Gasteiger partial charge in [-0.25, -0.2) is 4.79 Å². The van der Waals surface area contributed by atoms with Crippen LogP contribution in [0.1, 0.15) is 43.7 Å². The minimum atomic E-state index is -0.376. The number of ether oxygens (including phenoxy) is 1. The van der Waals surface area contributed by atoms with Crippen LogP contribution in [-0.4, -0.2) is 12.1 Å². The Balaban J connectivity index is 2.34. The van der Waals surface area contributed by atoms with Crippen LogP contribution in [0.15, 0.2) is 22.8 Å². The van der Waals surface area contributed by atoms with Crippen molar-refractivity contribution >= 4 is 5.97 Å². The SMILES string of the molecule is CCCC[C@@H](C)OC(=O)c1ccco1. The van der Waals surface area contributed by atoms with Gasteiger partial charge >= 0.3 is 5.97 Å². The molecule has 0 bridgehead atoms. The van der Waals surface area contributed by atoms with Gasteiger partial charge in [0.15, 0.2) is 0 Å². The molecule has 0 fully saturated rings. The lowest BCUT2D eigenvalue weighted by Crippen LogP contribution is -2.14. The van der Waals surface area contributed by atoms with Crippen LogP contribution < -0.4 is 0 Å². The predicted octanol–water partition coefficient (Wildman–Crippen LogP) is 3.02. The highest BCUT2D eigenvalue weighted by Crippen LogP contribution is 2.08. The Morgan fingerprint density at radius 2 is 2.43 bits per heavy atom. The molecular formula is C11H16O3. The van der Waals surface area contributed by atoms with Crippen molar-refractivity contribution in [1.82, 2.24) is 0 Å².